The molecule has 0 radical (unpaired) electrons. The van der Waals surface area contributed by atoms with Gasteiger partial charge in [-0.15, -0.1) is 0 Å². The Labute approximate surface area is 234 Å². The van der Waals surface area contributed by atoms with Crippen LogP contribution < -0.4 is 10.1 Å². The summed E-state index contributed by atoms with van der Waals surface area (Å²) in [5.74, 6) is -1.57. The van der Waals surface area contributed by atoms with Crippen LogP contribution in [0.15, 0.2) is 53.4 Å². The average molecular weight is 573 g/mol. The van der Waals surface area contributed by atoms with E-state index in [0.29, 0.717) is 30.8 Å². The van der Waals surface area contributed by atoms with Crippen molar-refractivity contribution in [2.45, 2.75) is 49.6 Å². The van der Waals surface area contributed by atoms with Crippen LogP contribution in [0.3, 0.4) is 0 Å². The number of nitrogens with one attached hydrogen (secondary N) is 1. The monoisotopic (exact) mass is 572 g/mol. The molecule has 12 heteroatoms. The van der Waals surface area contributed by atoms with Crippen molar-refractivity contribution in [2.75, 3.05) is 39.8 Å². The third kappa shape index (κ3) is 6.45. The van der Waals surface area contributed by atoms with Crippen LogP contribution in [0.1, 0.15) is 30.9 Å². The van der Waals surface area contributed by atoms with E-state index < -0.39 is 39.6 Å². The van der Waals surface area contributed by atoms with Gasteiger partial charge in [0.2, 0.25) is 15.9 Å². The fraction of sp³-hybridized carbons (Fsp3) is 0.464. The number of amides is 2. The van der Waals surface area contributed by atoms with Gasteiger partial charge < -0.3 is 25.0 Å². The molecule has 0 spiro atoms. The Bertz CT molecular complexity index is 1340. The summed E-state index contributed by atoms with van der Waals surface area (Å²) in [4.78, 5) is 41.8. The molecule has 0 aliphatic carbocycles. The fourth-order valence-corrected chi connectivity index (χ4v) is 6.79. The molecule has 40 heavy (non-hydrogen) atoms. The Morgan fingerprint density at radius 3 is 2.23 bits per heavy atom. The van der Waals surface area contributed by atoms with E-state index in [0.717, 1.165) is 18.7 Å². The molecule has 2 N–H and O–H groups in total. The average Bonchev–Trinajstić information content (AvgIpc) is 3.33. The van der Waals surface area contributed by atoms with Crippen molar-refractivity contribution in [2.24, 2.45) is 0 Å². The summed E-state index contributed by atoms with van der Waals surface area (Å²) in [6.45, 7) is 6.24. The molecule has 2 aliphatic rings. The van der Waals surface area contributed by atoms with Crippen LogP contribution in [0.4, 0.5) is 4.79 Å². The number of hydrogen-bond acceptors (Lipinski definition) is 7. The molecule has 2 aliphatic heterocycles. The van der Waals surface area contributed by atoms with Crippen LogP contribution >= 0.6 is 0 Å². The normalized spacial score (nSPS) is 21.1. The Morgan fingerprint density at radius 2 is 1.62 bits per heavy atom. The van der Waals surface area contributed by atoms with Crippen LogP contribution in [-0.2, 0) is 26.0 Å². The lowest BCUT2D eigenvalue weighted by Crippen LogP contribution is -2.58. The van der Waals surface area contributed by atoms with E-state index in [4.69, 9.17) is 4.74 Å². The zero-order chi connectivity index (χ0) is 29.1. The Hall–Kier alpha value is -3.48. The summed E-state index contributed by atoms with van der Waals surface area (Å²) in [6.07, 6.45) is 0.269. The predicted molar refractivity (Wildman–Crippen MR) is 148 cm³/mol. The number of benzene rings is 2. The van der Waals surface area contributed by atoms with Crippen LogP contribution in [0, 0.1) is 6.92 Å². The summed E-state index contributed by atoms with van der Waals surface area (Å²) in [7, 11) is -1.98. The zero-order valence-electron chi connectivity index (χ0n) is 23.0. The number of piperazine rings is 1. The van der Waals surface area contributed by atoms with Crippen molar-refractivity contribution >= 4 is 28.0 Å². The number of aliphatic carboxylic acids is 1. The highest BCUT2D eigenvalue weighted by atomic mass is 32.2. The van der Waals surface area contributed by atoms with Gasteiger partial charge in [-0.25, -0.2) is 18.0 Å². The highest BCUT2D eigenvalue weighted by molar-refractivity contribution is 7.89. The van der Waals surface area contributed by atoms with Crippen LogP contribution in [-0.4, -0.2) is 97.0 Å². The second-order valence-corrected chi connectivity index (χ2v) is 12.5. The predicted octanol–water partition coefficient (Wildman–Crippen LogP) is 2.10. The van der Waals surface area contributed by atoms with Gasteiger partial charge in [0.1, 0.15) is 17.3 Å². The van der Waals surface area contributed by atoms with Crippen molar-refractivity contribution in [3.05, 3.63) is 59.7 Å². The molecule has 2 aromatic carbocycles. The van der Waals surface area contributed by atoms with E-state index in [1.807, 2.05) is 14.0 Å². The summed E-state index contributed by atoms with van der Waals surface area (Å²) < 4.78 is 33.4. The van der Waals surface area contributed by atoms with Crippen molar-refractivity contribution < 1.29 is 32.6 Å². The number of ether oxygens (including phenoxy) is 1. The molecule has 0 bridgehead atoms. The number of carbonyl (C=O) groups is 3. The second-order valence-electron chi connectivity index (χ2n) is 10.6. The van der Waals surface area contributed by atoms with Gasteiger partial charge in [0.05, 0.1) is 4.90 Å². The topological polar surface area (TPSA) is 137 Å². The first kappa shape index (κ1) is 29.5. The number of hydrogen-bond donors (Lipinski definition) is 2. The minimum Gasteiger partial charge on any atom is -0.480 e. The van der Waals surface area contributed by atoms with Gasteiger partial charge in [0.25, 0.3) is 0 Å². The molecular formula is C28H36N4O7S. The lowest BCUT2D eigenvalue weighted by Gasteiger charge is -2.34. The van der Waals surface area contributed by atoms with E-state index in [-0.39, 0.29) is 24.3 Å². The van der Waals surface area contributed by atoms with E-state index in [9.17, 15) is 27.9 Å². The number of aryl methyl sites for hydroxylation is 1. The number of carbonyl (C=O) groups excluding carboxylic acids is 2. The van der Waals surface area contributed by atoms with Crippen molar-refractivity contribution in [3.8, 4) is 5.75 Å². The minimum absolute atomic E-state index is 0.0332. The number of sulfonamides is 1. The SMILES string of the molecule is Cc1ccc(S(=O)(=O)N2CCCC2(C)C(=O)NC(Cc2ccc(OC(=O)N3CCN(C)CC3)cc2)C(=O)O)cc1. The van der Waals surface area contributed by atoms with Gasteiger partial charge in [-0.05, 0) is 63.6 Å². The first-order chi connectivity index (χ1) is 18.9. The lowest BCUT2D eigenvalue weighted by molar-refractivity contribution is -0.143. The maximum atomic E-state index is 13.4. The maximum absolute atomic E-state index is 13.4. The van der Waals surface area contributed by atoms with Crippen LogP contribution in [0.5, 0.6) is 5.75 Å². The van der Waals surface area contributed by atoms with Crippen molar-refractivity contribution in [1.29, 1.82) is 0 Å². The quantitative estimate of drug-likeness (QED) is 0.491. The van der Waals surface area contributed by atoms with Gasteiger partial charge in [0, 0.05) is 39.1 Å². The molecule has 0 aromatic heterocycles. The van der Waals surface area contributed by atoms with E-state index in [1.165, 1.54) is 23.4 Å². The molecule has 2 atom stereocenters. The molecule has 2 heterocycles. The van der Waals surface area contributed by atoms with Gasteiger partial charge in [-0.3, -0.25) is 4.79 Å². The molecule has 2 amide bonds. The minimum atomic E-state index is -3.97. The zero-order valence-corrected chi connectivity index (χ0v) is 23.8. The summed E-state index contributed by atoms with van der Waals surface area (Å²) in [5, 5.41) is 12.4. The highest BCUT2D eigenvalue weighted by Gasteiger charge is 2.50. The largest absolute Gasteiger partial charge is 0.480 e. The Balaban J connectivity index is 1.41. The summed E-state index contributed by atoms with van der Waals surface area (Å²) in [5.41, 5.74) is 0.0813. The number of likely N-dealkylation sites (N-methyl/N-ethyl adjacent to an activating group) is 1. The first-order valence-corrected chi connectivity index (χ1v) is 14.7. The molecule has 2 unspecified atom stereocenters. The first-order valence-electron chi connectivity index (χ1n) is 13.3. The number of carboxylic acids is 1. The number of carboxylic acid groups (broad SMARTS) is 1. The van der Waals surface area contributed by atoms with Crippen LogP contribution in [0.2, 0.25) is 0 Å². The molecular weight excluding hydrogens is 536 g/mol. The molecule has 11 nitrogen and oxygen atoms in total. The summed E-state index contributed by atoms with van der Waals surface area (Å²) >= 11 is 0. The fourth-order valence-electron chi connectivity index (χ4n) is 4.99. The standard InChI is InChI=1S/C28H36N4O7S/c1-20-5-11-23(12-6-20)40(37,38)32-14-4-13-28(32,2)26(35)29-24(25(33)34)19-21-7-9-22(10-8-21)39-27(36)31-17-15-30(3)16-18-31/h5-12,24H,4,13-19H2,1-3H3,(H,29,35)(H,33,34). The van der Waals surface area contributed by atoms with E-state index >= 15 is 0 Å². The van der Waals surface area contributed by atoms with Gasteiger partial charge in [0.15, 0.2) is 0 Å². The third-order valence-electron chi connectivity index (χ3n) is 7.61. The maximum Gasteiger partial charge on any atom is 0.415 e. The van der Waals surface area contributed by atoms with Crippen molar-refractivity contribution in [3.63, 3.8) is 0 Å². The second kappa shape index (κ2) is 11.9. The number of rotatable bonds is 8. The Kier molecular flexibility index (Phi) is 8.81. The van der Waals surface area contributed by atoms with Gasteiger partial charge >= 0.3 is 12.1 Å². The van der Waals surface area contributed by atoms with Gasteiger partial charge in [-0.2, -0.15) is 4.31 Å². The lowest BCUT2D eigenvalue weighted by atomic mass is 9.97. The third-order valence-corrected chi connectivity index (χ3v) is 9.64. The van der Waals surface area contributed by atoms with Crippen LogP contribution in [0.25, 0.3) is 0 Å². The number of nitrogens with zero attached hydrogens (tertiary/aromatic N) is 3. The summed E-state index contributed by atoms with van der Waals surface area (Å²) in [6, 6.07) is 11.6. The molecule has 0 saturated carbocycles. The molecule has 2 saturated heterocycles. The van der Waals surface area contributed by atoms with Crippen molar-refractivity contribution in [1.82, 2.24) is 19.4 Å². The smallest absolute Gasteiger partial charge is 0.415 e. The van der Waals surface area contributed by atoms with Gasteiger partial charge in [-0.1, -0.05) is 29.8 Å². The Morgan fingerprint density at radius 1 is 1.00 bits per heavy atom. The molecule has 2 aromatic rings. The molecule has 4 rings (SSSR count). The molecule has 2 fully saturated rings. The highest BCUT2D eigenvalue weighted by Crippen LogP contribution is 2.35. The molecule has 216 valence electrons. The van der Waals surface area contributed by atoms with E-state index in [2.05, 4.69) is 10.2 Å². The van der Waals surface area contributed by atoms with E-state index in [1.54, 1.807) is 41.3 Å².